The van der Waals surface area contributed by atoms with Crippen molar-refractivity contribution in [1.29, 1.82) is 0 Å². The van der Waals surface area contributed by atoms with Crippen LogP contribution in [0.3, 0.4) is 0 Å². The molecule has 48 valence electrons. The van der Waals surface area contributed by atoms with Crippen LogP contribution in [0.1, 0.15) is 0 Å². The van der Waals surface area contributed by atoms with E-state index in [0.717, 1.165) is 14.2 Å². The van der Waals surface area contributed by atoms with Crippen LogP contribution in [0, 0.1) is 0 Å². The van der Waals surface area contributed by atoms with Gasteiger partial charge in [0.15, 0.2) is 0 Å². The molecule has 0 rings (SSSR count). The fourth-order valence-electron chi connectivity index (χ4n) is 0.0745. The normalized spacial score (nSPS) is 10.4. The molecule has 0 aliphatic heterocycles. The molecule has 0 unspecified atom stereocenters. The van der Waals surface area contributed by atoms with E-state index in [1.54, 1.807) is 0 Å². The molecule has 0 aromatic carbocycles. The molecule has 0 spiro atoms. The van der Waals surface area contributed by atoms with Gasteiger partial charge in [-0.2, -0.15) is 0 Å². The van der Waals surface area contributed by atoms with Crippen LogP contribution in [-0.2, 0) is 35.3 Å². The Morgan fingerprint density at radius 1 is 1.38 bits per heavy atom. The Morgan fingerprint density at radius 2 is 1.62 bits per heavy atom. The number of rotatable bonds is 2. The Morgan fingerprint density at radius 3 is 1.62 bits per heavy atom. The third kappa shape index (κ3) is 4.97. The third-order valence-corrected chi connectivity index (χ3v) is 1.38. The van der Waals surface area contributed by atoms with Crippen molar-refractivity contribution in [2.45, 2.75) is 0 Å². The van der Waals surface area contributed by atoms with Crippen LogP contribution in [0.4, 0.5) is 0 Å². The Hall–Kier alpha value is 0.824. The summed E-state index contributed by atoms with van der Waals surface area (Å²) in [7, 11) is -1.45. The van der Waals surface area contributed by atoms with Gasteiger partial charge in [0.05, 0.1) is 0 Å². The average Bonchev–Trinajstić information content (AvgIpc) is 1.68. The van der Waals surface area contributed by atoms with Crippen LogP contribution >= 0.6 is 7.82 Å². The zero-order valence-corrected chi connectivity index (χ0v) is 7.08. The van der Waals surface area contributed by atoms with Gasteiger partial charge >= 0.3 is 7.82 Å². The first-order valence-corrected chi connectivity index (χ1v) is 3.06. The summed E-state index contributed by atoms with van der Waals surface area (Å²) in [4.78, 5) is 8.24. The first-order chi connectivity index (χ1) is 3.12. The summed E-state index contributed by atoms with van der Waals surface area (Å²) in [5, 5.41) is 0. The monoisotopic (exact) mass is 174 g/mol. The third-order valence-electron chi connectivity index (χ3n) is 0.461. The molecular formula is C2H7O4PTi. The summed E-state index contributed by atoms with van der Waals surface area (Å²) in [5.41, 5.74) is 0. The van der Waals surface area contributed by atoms with E-state index in [2.05, 4.69) is 9.05 Å². The molecule has 0 aromatic heterocycles. The Labute approximate surface area is 62.7 Å². The van der Waals surface area contributed by atoms with Crippen LogP contribution in [0.25, 0.3) is 0 Å². The Kier molecular flexibility index (Phi) is 6.79. The van der Waals surface area contributed by atoms with Gasteiger partial charge in [0.2, 0.25) is 0 Å². The van der Waals surface area contributed by atoms with Crippen molar-refractivity contribution in [1.82, 2.24) is 0 Å². The fourth-order valence-corrected chi connectivity index (χ4v) is 0.224. The topological polar surface area (TPSA) is 55.8 Å². The van der Waals surface area contributed by atoms with E-state index >= 15 is 0 Å². The summed E-state index contributed by atoms with van der Waals surface area (Å²) in [6.07, 6.45) is 0. The number of hydrogen-bond acceptors (Lipinski definition) is 3. The summed E-state index contributed by atoms with van der Waals surface area (Å²) in [6, 6.07) is 0. The summed E-state index contributed by atoms with van der Waals surface area (Å²) >= 11 is 0. The van der Waals surface area contributed by atoms with Gasteiger partial charge in [-0.3, -0.25) is 9.05 Å². The molecule has 0 fully saturated rings. The van der Waals surface area contributed by atoms with Crippen LogP contribution in [0.5, 0.6) is 0 Å². The van der Waals surface area contributed by atoms with Gasteiger partial charge in [0.25, 0.3) is 0 Å². The second-order valence-electron chi connectivity index (χ2n) is 0.834. The second kappa shape index (κ2) is 4.68. The van der Waals surface area contributed by atoms with E-state index in [4.69, 9.17) is 4.89 Å². The van der Waals surface area contributed by atoms with Crippen LogP contribution < -0.4 is 0 Å². The molecule has 0 aliphatic carbocycles. The standard InChI is InChI=1S/C2H7O4P.Ti/c1-5-7(3,4)6-2;/h1-2H3,(H,3,4);. The first kappa shape index (κ1) is 11.6. The van der Waals surface area contributed by atoms with Crippen molar-refractivity contribution in [2.24, 2.45) is 0 Å². The van der Waals surface area contributed by atoms with Crippen molar-refractivity contribution in [3.63, 3.8) is 0 Å². The largest absolute Gasteiger partial charge is 0.471 e. The minimum Gasteiger partial charge on any atom is -0.303 e. The van der Waals surface area contributed by atoms with Gasteiger partial charge in [-0.05, 0) is 0 Å². The molecule has 8 heavy (non-hydrogen) atoms. The molecule has 0 aromatic rings. The Balaban J connectivity index is 0. The smallest absolute Gasteiger partial charge is 0.303 e. The predicted octanol–water partition coefficient (Wildman–Crippen LogP) is 0.377. The first-order valence-electron chi connectivity index (χ1n) is 1.56. The molecule has 4 nitrogen and oxygen atoms in total. The minimum absolute atomic E-state index is 0. The van der Waals surface area contributed by atoms with E-state index in [0.29, 0.717) is 0 Å². The zero-order chi connectivity index (χ0) is 5.91. The molecule has 0 atom stereocenters. The predicted molar refractivity (Wildman–Crippen MR) is 23.8 cm³/mol. The second-order valence-corrected chi connectivity index (χ2v) is 2.50. The van der Waals surface area contributed by atoms with Crippen molar-refractivity contribution < 1.29 is 40.2 Å². The SMILES string of the molecule is COP(=O)(O)OC.[Ti]. The van der Waals surface area contributed by atoms with Gasteiger partial charge < -0.3 is 4.89 Å². The summed E-state index contributed by atoms with van der Waals surface area (Å²) < 4.78 is 18.0. The minimum atomic E-state index is -3.65. The summed E-state index contributed by atoms with van der Waals surface area (Å²) in [5.74, 6) is 0. The molecule has 0 radical (unpaired) electrons. The molecule has 0 saturated heterocycles. The van der Waals surface area contributed by atoms with Gasteiger partial charge in [-0.15, -0.1) is 0 Å². The summed E-state index contributed by atoms with van der Waals surface area (Å²) in [6.45, 7) is 0. The average molecular weight is 174 g/mol. The van der Waals surface area contributed by atoms with Crippen molar-refractivity contribution in [2.75, 3.05) is 14.2 Å². The molecule has 0 aliphatic rings. The van der Waals surface area contributed by atoms with Gasteiger partial charge in [-0.1, -0.05) is 0 Å². The zero-order valence-electron chi connectivity index (χ0n) is 4.62. The van der Waals surface area contributed by atoms with Crippen LogP contribution in [-0.4, -0.2) is 19.1 Å². The molecule has 0 saturated carbocycles. The molecule has 6 heteroatoms. The Bertz CT molecular complexity index is 86.0. The van der Waals surface area contributed by atoms with E-state index < -0.39 is 7.82 Å². The van der Waals surface area contributed by atoms with Crippen molar-refractivity contribution >= 4 is 7.82 Å². The molecule has 0 heterocycles. The molecule has 1 N–H and O–H groups in total. The van der Waals surface area contributed by atoms with Gasteiger partial charge in [0.1, 0.15) is 0 Å². The van der Waals surface area contributed by atoms with Gasteiger partial charge in [-0.25, -0.2) is 4.57 Å². The maximum absolute atomic E-state index is 10.1. The fraction of sp³-hybridized carbons (Fsp3) is 1.00. The van der Waals surface area contributed by atoms with Crippen molar-refractivity contribution in [3.8, 4) is 0 Å². The number of hydrogen-bond donors (Lipinski definition) is 1. The van der Waals surface area contributed by atoms with E-state index in [1.807, 2.05) is 0 Å². The molecule has 0 amide bonds. The van der Waals surface area contributed by atoms with E-state index in [9.17, 15) is 4.57 Å². The van der Waals surface area contributed by atoms with Crippen molar-refractivity contribution in [3.05, 3.63) is 0 Å². The van der Waals surface area contributed by atoms with Crippen LogP contribution in [0.2, 0.25) is 0 Å². The maximum Gasteiger partial charge on any atom is 0.471 e. The number of phosphoric ester groups is 1. The number of phosphoric acid groups is 1. The maximum atomic E-state index is 10.1. The van der Waals surface area contributed by atoms with E-state index in [1.165, 1.54) is 0 Å². The molecule has 0 bridgehead atoms. The van der Waals surface area contributed by atoms with Crippen LogP contribution in [0.15, 0.2) is 0 Å². The quantitative estimate of drug-likeness (QED) is 0.485. The van der Waals surface area contributed by atoms with Gasteiger partial charge in [0, 0.05) is 35.9 Å². The molecular weight excluding hydrogens is 167 g/mol. The van der Waals surface area contributed by atoms with E-state index in [-0.39, 0.29) is 21.7 Å².